The molecule has 9 N–H and O–H groups in total. The molecule has 0 spiro atoms. The molecule has 1 unspecified atom stereocenters. The first-order valence-electron chi connectivity index (χ1n) is 11.2. The minimum Gasteiger partial charge on any atom is -0.400 e. The SMILES string of the molecule is CCCNC(N)=O.CNCC(=O)NC(C)C(C)C.CO.O=CNCC(=O)Nc1ccc(CO)cc1. The topological polar surface area (TPSA) is 195 Å². The Balaban J connectivity index is -0.000000452. The third kappa shape index (κ3) is 25.2. The first kappa shape index (κ1) is 36.4. The third-order valence-electron chi connectivity index (χ3n) is 4.04. The van der Waals surface area contributed by atoms with Crippen LogP contribution in [-0.4, -0.2) is 74.3 Å². The summed E-state index contributed by atoms with van der Waals surface area (Å²) in [6.07, 6.45) is 1.40. The molecule has 0 aliphatic carbocycles. The molecule has 0 aliphatic heterocycles. The van der Waals surface area contributed by atoms with E-state index in [2.05, 4.69) is 40.4 Å². The van der Waals surface area contributed by atoms with E-state index in [4.69, 9.17) is 15.9 Å². The molecule has 0 aliphatic rings. The van der Waals surface area contributed by atoms with E-state index >= 15 is 0 Å². The number of carbonyl (C=O) groups excluding carboxylic acids is 4. The Hall–Kier alpha value is -3.22. The summed E-state index contributed by atoms with van der Waals surface area (Å²) < 4.78 is 0. The summed E-state index contributed by atoms with van der Waals surface area (Å²) in [6.45, 7) is 9.15. The van der Waals surface area contributed by atoms with E-state index in [0.29, 0.717) is 31.1 Å². The van der Waals surface area contributed by atoms with E-state index in [-0.39, 0.29) is 31.0 Å². The summed E-state index contributed by atoms with van der Waals surface area (Å²) in [4.78, 5) is 41.9. The molecule has 0 bridgehead atoms. The molecule has 1 atom stereocenters. The predicted octanol–water partition coefficient (Wildman–Crippen LogP) is -0.0969. The van der Waals surface area contributed by atoms with Crippen LogP contribution in [0.25, 0.3) is 0 Å². The van der Waals surface area contributed by atoms with E-state index in [1.165, 1.54) is 0 Å². The Bertz CT molecular complexity index is 686. The normalized spacial score (nSPS) is 9.97. The van der Waals surface area contributed by atoms with Crippen LogP contribution in [0.1, 0.15) is 39.7 Å². The van der Waals surface area contributed by atoms with Gasteiger partial charge in [-0.05, 0) is 44.0 Å². The number of hydrogen-bond donors (Lipinski definition) is 8. The molecule has 0 aromatic heterocycles. The Labute approximate surface area is 208 Å². The highest BCUT2D eigenvalue weighted by molar-refractivity contribution is 5.93. The van der Waals surface area contributed by atoms with Gasteiger partial charge in [0, 0.05) is 25.4 Å². The van der Waals surface area contributed by atoms with Crippen LogP contribution in [0.15, 0.2) is 24.3 Å². The minimum atomic E-state index is -0.443. The Kier molecular flexibility index (Phi) is 26.4. The number of hydrogen-bond acceptors (Lipinski definition) is 7. The number of urea groups is 1. The molecule has 0 heterocycles. The fourth-order valence-corrected chi connectivity index (χ4v) is 1.91. The van der Waals surface area contributed by atoms with Crippen molar-refractivity contribution in [2.75, 3.05) is 39.1 Å². The van der Waals surface area contributed by atoms with Gasteiger partial charge in [-0.2, -0.15) is 0 Å². The van der Waals surface area contributed by atoms with E-state index in [0.717, 1.165) is 19.1 Å². The monoisotopic (exact) mass is 500 g/mol. The maximum atomic E-state index is 11.1. The summed E-state index contributed by atoms with van der Waals surface area (Å²) in [7, 11) is 2.76. The Morgan fingerprint density at radius 2 is 1.60 bits per heavy atom. The molecular formula is C23H44N6O6. The van der Waals surface area contributed by atoms with E-state index in [9.17, 15) is 19.2 Å². The average molecular weight is 501 g/mol. The Morgan fingerprint density at radius 3 is 1.97 bits per heavy atom. The lowest BCUT2D eigenvalue weighted by atomic mass is 10.1. The van der Waals surface area contributed by atoms with Gasteiger partial charge in [-0.1, -0.05) is 32.9 Å². The van der Waals surface area contributed by atoms with E-state index in [1.54, 1.807) is 31.3 Å². The molecule has 35 heavy (non-hydrogen) atoms. The van der Waals surface area contributed by atoms with Crippen molar-refractivity contribution < 1.29 is 29.4 Å². The van der Waals surface area contributed by atoms with Gasteiger partial charge in [0.15, 0.2) is 0 Å². The van der Waals surface area contributed by atoms with Crippen LogP contribution < -0.4 is 32.3 Å². The van der Waals surface area contributed by atoms with Gasteiger partial charge < -0.3 is 42.5 Å². The number of amides is 5. The molecule has 1 aromatic rings. The fraction of sp³-hybridized carbons (Fsp3) is 0.565. The van der Waals surface area contributed by atoms with Crippen molar-refractivity contribution >= 4 is 29.9 Å². The summed E-state index contributed by atoms with van der Waals surface area (Å²) in [6, 6.07) is 6.61. The smallest absolute Gasteiger partial charge is 0.312 e. The summed E-state index contributed by atoms with van der Waals surface area (Å²) >= 11 is 0. The molecule has 12 heteroatoms. The number of aliphatic hydroxyl groups excluding tert-OH is 2. The van der Waals surface area contributed by atoms with E-state index in [1.807, 2.05) is 13.8 Å². The van der Waals surface area contributed by atoms with Gasteiger partial charge in [0.2, 0.25) is 18.2 Å². The van der Waals surface area contributed by atoms with Crippen molar-refractivity contribution in [2.24, 2.45) is 11.7 Å². The van der Waals surface area contributed by atoms with Gasteiger partial charge >= 0.3 is 6.03 Å². The lowest BCUT2D eigenvalue weighted by Crippen LogP contribution is -2.40. The summed E-state index contributed by atoms with van der Waals surface area (Å²) in [5.41, 5.74) is 6.13. The van der Waals surface area contributed by atoms with Gasteiger partial charge in [-0.25, -0.2) is 4.79 Å². The number of benzene rings is 1. The second kappa shape index (κ2) is 25.4. The standard InChI is InChI=1S/C10H12N2O3.C8H18N2O.C4H10N2O.CH4O/c13-6-8-1-3-9(4-2-8)12-10(15)5-11-7-14;1-6(2)7(3)10-8(11)5-9-4;1-2-3-6-4(5)7;1-2/h1-4,7,13H,5-6H2,(H,11,14)(H,12,15);6-7,9H,5H2,1-4H3,(H,10,11);2-3H2,1H3,(H3,5,6,7);2H,1H3. The van der Waals surface area contributed by atoms with Crippen LogP contribution >= 0.6 is 0 Å². The first-order valence-corrected chi connectivity index (χ1v) is 11.2. The van der Waals surface area contributed by atoms with Crippen molar-refractivity contribution in [3.05, 3.63) is 29.8 Å². The molecule has 0 radical (unpaired) electrons. The molecule has 12 nitrogen and oxygen atoms in total. The number of likely N-dealkylation sites (N-methyl/N-ethyl adjacent to an activating group) is 1. The number of nitrogens with one attached hydrogen (secondary N) is 5. The van der Waals surface area contributed by atoms with Crippen molar-refractivity contribution in [3.8, 4) is 0 Å². The van der Waals surface area contributed by atoms with E-state index < -0.39 is 6.03 Å². The molecule has 0 saturated heterocycles. The maximum Gasteiger partial charge on any atom is 0.312 e. The Morgan fingerprint density at radius 1 is 1.03 bits per heavy atom. The van der Waals surface area contributed by atoms with Crippen LogP contribution in [0.2, 0.25) is 0 Å². The number of rotatable bonds is 11. The number of carbonyl (C=O) groups is 4. The van der Waals surface area contributed by atoms with Gasteiger partial charge in [0.05, 0.1) is 19.7 Å². The fourth-order valence-electron chi connectivity index (χ4n) is 1.91. The molecule has 0 saturated carbocycles. The van der Waals surface area contributed by atoms with Crippen molar-refractivity contribution in [2.45, 2.75) is 46.8 Å². The largest absolute Gasteiger partial charge is 0.400 e. The molecule has 202 valence electrons. The minimum absolute atomic E-state index is 0.0269. The second-order valence-corrected chi connectivity index (χ2v) is 7.32. The molecule has 5 amide bonds. The first-order chi connectivity index (χ1) is 16.6. The van der Waals surface area contributed by atoms with Crippen LogP contribution in [0.3, 0.4) is 0 Å². The average Bonchev–Trinajstić information content (AvgIpc) is 2.84. The third-order valence-corrected chi connectivity index (χ3v) is 4.04. The van der Waals surface area contributed by atoms with Gasteiger partial charge in [0.25, 0.3) is 0 Å². The van der Waals surface area contributed by atoms with Gasteiger partial charge in [-0.3, -0.25) is 14.4 Å². The predicted molar refractivity (Wildman–Crippen MR) is 137 cm³/mol. The number of primary amides is 1. The molecular weight excluding hydrogens is 456 g/mol. The zero-order valence-electron chi connectivity index (χ0n) is 21.7. The summed E-state index contributed by atoms with van der Waals surface area (Å²) in [5.74, 6) is 0.267. The second-order valence-electron chi connectivity index (χ2n) is 7.32. The molecule has 1 aromatic carbocycles. The molecule has 1 rings (SSSR count). The van der Waals surface area contributed by atoms with Crippen LogP contribution in [-0.2, 0) is 21.0 Å². The van der Waals surface area contributed by atoms with Crippen molar-refractivity contribution in [1.82, 2.24) is 21.3 Å². The van der Waals surface area contributed by atoms with Crippen molar-refractivity contribution in [1.29, 1.82) is 0 Å². The maximum absolute atomic E-state index is 11.1. The highest BCUT2D eigenvalue weighted by atomic mass is 16.3. The highest BCUT2D eigenvalue weighted by Crippen LogP contribution is 2.08. The van der Waals surface area contributed by atoms with Crippen LogP contribution in [0.5, 0.6) is 0 Å². The van der Waals surface area contributed by atoms with Gasteiger partial charge in [-0.15, -0.1) is 0 Å². The number of anilines is 1. The highest BCUT2D eigenvalue weighted by Gasteiger charge is 2.08. The lowest BCUT2D eigenvalue weighted by molar-refractivity contribution is -0.121. The quantitative estimate of drug-likeness (QED) is 0.194. The number of nitrogens with two attached hydrogens (primary N) is 1. The molecule has 0 fully saturated rings. The zero-order valence-corrected chi connectivity index (χ0v) is 21.7. The van der Waals surface area contributed by atoms with Crippen molar-refractivity contribution in [3.63, 3.8) is 0 Å². The lowest BCUT2D eigenvalue weighted by Gasteiger charge is -2.16. The number of aliphatic hydroxyl groups is 2. The van der Waals surface area contributed by atoms with Crippen LogP contribution in [0.4, 0.5) is 10.5 Å². The van der Waals surface area contributed by atoms with Gasteiger partial charge in [0.1, 0.15) is 0 Å². The summed E-state index contributed by atoms with van der Waals surface area (Å²) in [5, 5.41) is 28.7. The zero-order chi connectivity index (χ0) is 27.6. The van der Waals surface area contributed by atoms with Crippen LogP contribution in [0, 0.1) is 5.92 Å².